The predicted molar refractivity (Wildman–Crippen MR) is 79.8 cm³/mol. The van der Waals surface area contributed by atoms with Crippen molar-refractivity contribution in [1.82, 2.24) is 4.57 Å². The number of fused-ring (bicyclic) bond motifs is 3. The Hall–Kier alpha value is -2.18. The molecule has 24 heavy (non-hydrogen) atoms. The molecule has 0 amide bonds. The van der Waals surface area contributed by atoms with Gasteiger partial charge in [0, 0.05) is 27.8 Å². The normalized spacial score (nSPS) is 13.4. The van der Waals surface area contributed by atoms with Crippen LogP contribution in [-0.4, -0.2) is 4.57 Å². The Morgan fingerprint density at radius 2 is 1.08 bits per heavy atom. The van der Waals surface area contributed by atoms with Gasteiger partial charge in [-0.2, -0.15) is 26.3 Å². The number of aromatic nitrogens is 1. The molecule has 0 aliphatic rings. The second kappa shape index (κ2) is 5.16. The van der Waals surface area contributed by atoms with Crippen molar-refractivity contribution in [2.75, 3.05) is 0 Å². The summed E-state index contributed by atoms with van der Waals surface area (Å²) in [5.74, 6) is 0. The Balaban J connectivity index is 2.41. The van der Waals surface area contributed by atoms with Crippen LogP contribution in [0.4, 0.5) is 26.3 Å². The van der Waals surface area contributed by atoms with Gasteiger partial charge >= 0.3 is 12.4 Å². The van der Waals surface area contributed by atoms with Crippen molar-refractivity contribution in [1.29, 1.82) is 0 Å². The van der Waals surface area contributed by atoms with Crippen molar-refractivity contribution in [2.24, 2.45) is 0 Å². The third-order valence-electron chi connectivity index (χ3n) is 3.98. The molecule has 2 aromatic carbocycles. The first-order chi connectivity index (χ1) is 11.0. The van der Waals surface area contributed by atoms with Crippen molar-refractivity contribution in [2.45, 2.75) is 32.2 Å². The van der Waals surface area contributed by atoms with E-state index in [1.165, 1.54) is 16.7 Å². The minimum atomic E-state index is -4.51. The highest BCUT2D eigenvalue weighted by molar-refractivity contribution is 6.08. The Morgan fingerprint density at radius 1 is 0.708 bits per heavy atom. The lowest BCUT2D eigenvalue weighted by Gasteiger charge is -2.14. The third kappa shape index (κ3) is 2.61. The monoisotopic (exact) mass is 345 g/mol. The molecule has 1 aromatic heterocycles. The molecule has 3 aromatic rings. The quantitative estimate of drug-likeness (QED) is 0.449. The van der Waals surface area contributed by atoms with Crippen molar-refractivity contribution in [3.63, 3.8) is 0 Å². The van der Waals surface area contributed by atoms with E-state index < -0.39 is 23.5 Å². The van der Waals surface area contributed by atoms with Gasteiger partial charge in [-0.3, -0.25) is 0 Å². The highest BCUT2D eigenvalue weighted by Gasteiger charge is 2.33. The van der Waals surface area contributed by atoms with E-state index in [2.05, 4.69) is 0 Å². The molecule has 0 fully saturated rings. The van der Waals surface area contributed by atoms with Crippen molar-refractivity contribution in [3.05, 3.63) is 47.5 Å². The van der Waals surface area contributed by atoms with Crippen LogP contribution in [0.5, 0.6) is 0 Å². The van der Waals surface area contributed by atoms with Crippen LogP contribution in [0, 0.1) is 0 Å². The lowest BCUT2D eigenvalue weighted by atomic mass is 10.1. The zero-order valence-electron chi connectivity index (χ0n) is 12.8. The second-order valence-electron chi connectivity index (χ2n) is 5.92. The van der Waals surface area contributed by atoms with Gasteiger partial charge < -0.3 is 4.57 Å². The molecule has 3 rings (SSSR count). The summed E-state index contributed by atoms with van der Waals surface area (Å²) in [7, 11) is 0. The molecule has 1 nitrogen and oxygen atoms in total. The van der Waals surface area contributed by atoms with Crippen LogP contribution in [-0.2, 0) is 12.4 Å². The van der Waals surface area contributed by atoms with Gasteiger partial charge in [0.15, 0.2) is 0 Å². The maximum atomic E-state index is 13.0. The molecule has 0 saturated carbocycles. The molecule has 0 radical (unpaired) electrons. The Kier molecular flexibility index (Phi) is 3.58. The molecule has 7 heteroatoms. The number of hydrogen-bond donors (Lipinski definition) is 0. The fourth-order valence-electron chi connectivity index (χ4n) is 2.96. The van der Waals surface area contributed by atoms with Crippen LogP contribution < -0.4 is 0 Å². The van der Waals surface area contributed by atoms with Crippen molar-refractivity contribution in [3.8, 4) is 0 Å². The number of rotatable bonds is 1. The third-order valence-corrected chi connectivity index (χ3v) is 3.98. The Labute approximate surface area is 133 Å². The first-order valence-electron chi connectivity index (χ1n) is 7.22. The fourth-order valence-corrected chi connectivity index (χ4v) is 2.96. The summed E-state index contributed by atoms with van der Waals surface area (Å²) < 4.78 is 79.3. The average Bonchev–Trinajstić information content (AvgIpc) is 2.78. The summed E-state index contributed by atoms with van der Waals surface area (Å²) in [6.45, 7) is 3.44. The van der Waals surface area contributed by atoms with Gasteiger partial charge in [0.05, 0.1) is 11.1 Å². The molecule has 1 heterocycles. The molecule has 0 aliphatic carbocycles. The molecule has 0 spiro atoms. The topological polar surface area (TPSA) is 4.93 Å². The van der Waals surface area contributed by atoms with E-state index in [1.54, 1.807) is 13.8 Å². The van der Waals surface area contributed by atoms with Gasteiger partial charge in [-0.1, -0.05) is 12.1 Å². The molecule has 0 unspecified atom stereocenters. The van der Waals surface area contributed by atoms with E-state index in [1.807, 2.05) is 0 Å². The van der Waals surface area contributed by atoms with E-state index in [9.17, 15) is 26.3 Å². The van der Waals surface area contributed by atoms with Crippen molar-refractivity contribution >= 4 is 21.8 Å². The number of halogens is 6. The number of alkyl halides is 6. The number of nitrogens with zero attached hydrogens (tertiary/aromatic N) is 1. The summed E-state index contributed by atoms with van der Waals surface area (Å²) in [4.78, 5) is 0. The van der Waals surface area contributed by atoms with Crippen LogP contribution in [0.2, 0.25) is 0 Å². The van der Waals surface area contributed by atoms with Gasteiger partial charge in [-0.05, 0) is 38.1 Å². The zero-order chi connectivity index (χ0) is 17.9. The first kappa shape index (κ1) is 16.7. The predicted octanol–water partition coefficient (Wildman–Crippen LogP) is 6.41. The second-order valence-corrected chi connectivity index (χ2v) is 5.92. The molecule has 0 bridgehead atoms. The maximum absolute atomic E-state index is 13.0. The fraction of sp³-hybridized carbons (Fsp3) is 0.294. The summed E-state index contributed by atoms with van der Waals surface area (Å²) in [5.41, 5.74) is -1.10. The number of benzene rings is 2. The first-order valence-corrected chi connectivity index (χ1v) is 7.22. The Morgan fingerprint density at radius 3 is 1.38 bits per heavy atom. The molecular weight excluding hydrogens is 332 g/mol. The molecular formula is C17H13F6N. The summed E-state index contributed by atoms with van der Waals surface area (Å²) in [5, 5.41) is 1.00. The standard InChI is InChI=1S/C17H13F6N/c1-9(2)24-14-7-10(16(18,19)20)3-5-12(14)13-6-4-11(8-15(13)24)17(21,22)23/h3-9H,1-2H3. The van der Waals surface area contributed by atoms with E-state index in [-0.39, 0.29) is 17.1 Å². The SMILES string of the molecule is CC(C)n1c2cc(C(F)(F)F)ccc2c2ccc(C(F)(F)F)cc21. The summed E-state index contributed by atoms with van der Waals surface area (Å²) in [6, 6.07) is 6.20. The van der Waals surface area contributed by atoms with E-state index in [0.29, 0.717) is 10.8 Å². The molecule has 128 valence electrons. The minimum Gasteiger partial charge on any atom is -0.338 e. The smallest absolute Gasteiger partial charge is 0.338 e. The largest absolute Gasteiger partial charge is 0.416 e. The lowest BCUT2D eigenvalue weighted by Crippen LogP contribution is -2.07. The minimum absolute atomic E-state index is 0.272. The highest BCUT2D eigenvalue weighted by Crippen LogP contribution is 2.39. The Bertz CT molecular complexity index is 843. The van der Waals surface area contributed by atoms with Crippen LogP contribution >= 0.6 is 0 Å². The molecule has 0 aliphatic heterocycles. The lowest BCUT2D eigenvalue weighted by molar-refractivity contribution is -0.138. The van der Waals surface area contributed by atoms with Gasteiger partial charge in [-0.15, -0.1) is 0 Å². The van der Waals surface area contributed by atoms with Gasteiger partial charge in [0.25, 0.3) is 0 Å². The van der Waals surface area contributed by atoms with Gasteiger partial charge in [0.2, 0.25) is 0 Å². The molecule has 0 saturated heterocycles. The zero-order valence-corrected chi connectivity index (χ0v) is 12.8. The van der Waals surface area contributed by atoms with Gasteiger partial charge in [-0.25, -0.2) is 0 Å². The van der Waals surface area contributed by atoms with Crippen LogP contribution in [0.25, 0.3) is 21.8 Å². The molecule has 0 atom stereocenters. The molecule has 0 N–H and O–H groups in total. The van der Waals surface area contributed by atoms with Crippen LogP contribution in [0.3, 0.4) is 0 Å². The average molecular weight is 345 g/mol. The highest BCUT2D eigenvalue weighted by atomic mass is 19.4. The van der Waals surface area contributed by atoms with Crippen molar-refractivity contribution < 1.29 is 26.3 Å². The van der Waals surface area contributed by atoms with Gasteiger partial charge in [0.1, 0.15) is 0 Å². The maximum Gasteiger partial charge on any atom is 0.416 e. The van der Waals surface area contributed by atoms with E-state index in [0.717, 1.165) is 24.3 Å². The van der Waals surface area contributed by atoms with Crippen LogP contribution in [0.15, 0.2) is 36.4 Å². The summed E-state index contributed by atoms with van der Waals surface area (Å²) >= 11 is 0. The van der Waals surface area contributed by atoms with E-state index in [4.69, 9.17) is 0 Å². The number of hydrogen-bond acceptors (Lipinski definition) is 0. The van der Waals surface area contributed by atoms with E-state index >= 15 is 0 Å². The summed E-state index contributed by atoms with van der Waals surface area (Å²) in [6.07, 6.45) is -9.02. The van der Waals surface area contributed by atoms with Crippen LogP contribution in [0.1, 0.15) is 31.0 Å².